The Balaban J connectivity index is 1.63. The van der Waals surface area contributed by atoms with Crippen LogP contribution in [-0.2, 0) is 24.2 Å². The first-order valence-electron chi connectivity index (χ1n) is 12.9. The number of hydrogen-bond donors (Lipinski definition) is 1. The van der Waals surface area contributed by atoms with Gasteiger partial charge >= 0.3 is 0 Å². The minimum Gasteiger partial charge on any atom is -0.493 e. The number of methoxy groups -OCH3 is 3. The molecule has 1 aliphatic heterocycles. The zero-order valence-corrected chi connectivity index (χ0v) is 22.8. The van der Waals surface area contributed by atoms with E-state index < -0.39 is 0 Å². The molecule has 8 nitrogen and oxygen atoms in total. The highest BCUT2D eigenvalue weighted by Gasteiger charge is 2.31. The Kier molecular flexibility index (Phi) is 9.07. The molecule has 0 fully saturated rings. The number of carbonyl (C=O) groups excluding carboxylic acids is 1. The lowest BCUT2D eigenvalue weighted by Crippen LogP contribution is -2.43. The molecule has 0 aliphatic carbocycles. The summed E-state index contributed by atoms with van der Waals surface area (Å²) in [7, 11) is 4.93. The van der Waals surface area contributed by atoms with E-state index in [0.717, 1.165) is 35.5 Å². The van der Waals surface area contributed by atoms with Crippen molar-refractivity contribution in [3.05, 3.63) is 77.1 Å². The van der Waals surface area contributed by atoms with Gasteiger partial charge in [-0.3, -0.25) is 14.7 Å². The van der Waals surface area contributed by atoms with E-state index in [1.54, 1.807) is 27.5 Å². The number of fused-ring (bicyclic) bond motifs is 1. The molecule has 0 saturated carbocycles. The molecule has 0 saturated heterocycles. The van der Waals surface area contributed by atoms with Crippen LogP contribution in [0.5, 0.6) is 23.0 Å². The first-order valence-corrected chi connectivity index (χ1v) is 12.9. The van der Waals surface area contributed by atoms with Gasteiger partial charge in [-0.25, -0.2) is 0 Å². The van der Waals surface area contributed by atoms with Crippen molar-refractivity contribution in [2.24, 2.45) is 0 Å². The van der Waals surface area contributed by atoms with Crippen molar-refractivity contribution in [2.45, 2.75) is 45.4 Å². The number of aromatic nitrogens is 1. The highest BCUT2D eigenvalue weighted by Crippen LogP contribution is 2.40. The predicted octanol–water partition coefficient (Wildman–Crippen LogP) is 4.35. The summed E-state index contributed by atoms with van der Waals surface area (Å²) in [5.41, 5.74) is 4.25. The molecule has 1 N–H and O–H groups in total. The largest absolute Gasteiger partial charge is 0.493 e. The molecule has 202 valence electrons. The molecule has 3 aromatic rings. The number of hydrogen-bond acceptors (Lipinski definition) is 7. The number of benzene rings is 2. The van der Waals surface area contributed by atoms with Crippen molar-refractivity contribution < 1.29 is 23.7 Å². The highest BCUT2D eigenvalue weighted by atomic mass is 16.5. The molecule has 1 unspecified atom stereocenters. The molecule has 4 rings (SSSR count). The molecule has 0 spiro atoms. The molecule has 1 amide bonds. The van der Waals surface area contributed by atoms with Crippen molar-refractivity contribution in [3.63, 3.8) is 0 Å². The van der Waals surface area contributed by atoms with Crippen LogP contribution >= 0.6 is 0 Å². The van der Waals surface area contributed by atoms with E-state index in [4.69, 9.17) is 18.9 Å². The normalized spacial score (nSPS) is 15.1. The Labute approximate surface area is 224 Å². The van der Waals surface area contributed by atoms with Gasteiger partial charge in [-0.2, -0.15) is 0 Å². The molecule has 1 aromatic heterocycles. The van der Waals surface area contributed by atoms with Crippen LogP contribution in [0.4, 0.5) is 0 Å². The fourth-order valence-electron chi connectivity index (χ4n) is 4.86. The number of carbonyl (C=O) groups is 1. The summed E-state index contributed by atoms with van der Waals surface area (Å²) in [5, 5.41) is 3.02. The van der Waals surface area contributed by atoms with E-state index in [1.807, 2.05) is 50.2 Å². The van der Waals surface area contributed by atoms with E-state index in [0.29, 0.717) is 30.2 Å². The van der Waals surface area contributed by atoms with Crippen LogP contribution in [0.25, 0.3) is 0 Å². The third-order valence-electron chi connectivity index (χ3n) is 6.67. The van der Waals surface area contributed by atoms with Gasteiger partial charge in [-0.15, -0.1) is 0 Å². The minimum absolute atomic E-state index is 0.00307. The summed E-state index contributed by atoms with van der Waals surface area (Å²) in [6.07, 6.45) is 3.23. The lowest BCUT2D eigenvalue weighted by atomic mass is 9.88. The maximum atomic E-state index is 13.0. The topological polar surface area (TPSA) is 82.2 Å². The summed E-state index contributed by atoms with van der Waals surface area (Å²) in [6, 6.07) is 15.8. The smallest absolute Gasteiger partial charge is 0.234 e. The van der Waals surface area contributed by atoms with Gasteiger partial charge in [-0.1, -0.05) is 12.1 Å². The molecule has 8 heteroatoms. The molecule has 38 heavy (non-hydrogen) atoms. The molecular weight excluding hydrogens is 482 g/mol. The zero-order valence-electron chi connectivity index (χ0n) is 22.8. The highest BCUT2D eigenvalue weighted by molar-refractivity contribution is 5.78. The van der Waals surface area contributed by atoms with Gasteiger partial charge in [0.05, 0.1) is 46.2 Å². The zero-order chi connectivity index (χ0) is 27.1. The van der Waals surface area contributed by atoms with Crippen LogP contribution in [0.2, 0.25) is 0 Å². The van der Waals surface area contributed by atoms with Crippen LogP contribution in [0.15, 0.2) is 54.7 Å². The summed E-state index contributed by atoms with van der Waals surface area (Å²) >= 11 is 0. The first-order chi connectivity index (χ1) is 18.4. The van der Waals surface area contributed by atoms with Crippen LogP contribution < -0.4 is 24.3 Å². The number of nitrogens with one attached hydrogen (secondary N) is 1. The molecule has 2 heterocycles. The Bertz CT molecular complexity index is 1230. The molecule has 0 bridgehead atoms. The maximum absolute atomic E-state index is 13.0. The summed E-state index contributed by atoms with van der Waals surface area (Å²) < 4.78 is 22.7. The van der Waals surface area contributed by atoms with Crippen LogP contribution in [-0.4, -0.2) is 56.3 Å². The van der Waals surface area contributed by atoms with Gasteiger partial charge < -0.3 is 24.3 Å². The van der Waals surface area contributed by atoms with Crippen LogP contribution in [0.3, 0.4) is 0 Å². The molecule has 2 aromatic carbocycles. The molecule has 0 radical (unpaired) electrons. The van der Waals surface area contributed by atoms with Gasteiger partial charge in [-0.05, 0) is 79.8 Å². The number of rotatable bonds is 11. The average Bonchev–Trinajstić information content (AvgIpc) is 2.93. The Morgan fingerprint density at radius 2 is 1.76 bits per heavy atom. The third-order valence-corrected chi connectivity index (χ3v) is 6.67. The fourth-order valence-corrected chi connectivity index (χ4v) is 4.86. The Morgan fingerprint density at radius 1 is 1.00 bits per heavy atom. The average molecular weight is 520 g/mol. The van der Waals surface area contributed by atoms with Crippen molar-refractivity contribution >= 4 is 5.91 Å². The van der Waals surface area contributed by atoms with Crippen molar-refractivity contribution in [3.8, 4) is 23.0 Å². The second-order valence-corrected chi connectivity index (χ2v) is 9.60. The standard InChI is InChI=1S/C30H37N3O5/c1-20(2)38-29-17-24-22(16-28(29)37-5)11-13-33(19-30(34)32-18-23-8-6-7-12-31-23)25(24)14-21-9-10-26(35-3)27(15-21)36-4/h6-10,12,15-17,20,25H,11,13-14,18-19H2,1-5H3,(H,32,34). The second kappa shape index (κ2) is 12.6. The predicted molar refractivity (Wildman–Crippen MR) is 146 cm³/mol. The second-order valence-electron chi connectivity index (χ2n) is 9.60. The van der Waals surface area contributed by atoms with Crippen molar-refractivity contribution in [1.82, 2.24) is 15.2 Å². The van der Waals surface area contributed by atoms with Crippen LogP contribution in [0.1, 0.15) is 42.3 Å². The maximum Gasteiger partial charge on any atom is 0.234 e. The van der Waals surface area contributed by atoms with Crippen molar-refractivity contribution in [1.29, 1.82) is 0 Å². The van der Waals surface area contributed by atoms with E-state index in [2.05, 4.69) is 27.3 Å². The van der Waals surface area contributed by atoms with Gasteiger partial charge in [0.2, 0.25) is 5.91 Å². The number of nitrogens with zero attached hydrogens (tertiary/aromatic N) is 2. The first kappa shape index (κ1) is 27.3. The Morgan fingerprint density at radius 3 is 2.45 bits per heavy atom. The quantitative estimate of drug-likeness (QED) is 0.403. The summed E-state index contributed by atoms with van der Waals surface area (Å²) in [5.74, 6) is 2.76. The van der Waals surface area contributed by atoms with E-state index >= 15 is 0 Å². The minimum atomic E-state index is -0.0436. The SMILES string of the molecule is COc1ccc(CC2c3cc(OC(C)C)c(OC)cc3CCN2CC(=O)NCc2ccccn2)cc1OC. The van der Waals surface area contributed by atoms with E-state index in [9.17, 15) is 4.79 Å². The number of pyridine rings is 1. The fraction of sp³-hybridized carbons (Fsp3) is 0.400. The number of ether oxygens (including phenoxy) is 4. The van der Waals surface area contributed by atoms with Crippen molar-refractivity contribution in [2.75, 3.05) is 34.4 Å². The van der Waals surface area contributed by atoms with E-state index in [1.165, 1.54) is 5.56 Å². The van der Waals surface area contributed by atoms with Gasteiger partial charge in [0.1, 0.15) is 0 Å². The van der Waals surface area contributed by atoms with Gasteiger partial charge in [0, 0.05) is 18.8 Å². The molecular formula is C30H37N3O5. The van der Waals surface area contributed by atoms with E-state index in [-0.39, 0.29) is 24.6 Å². The van der Waals surface area contributed by atoms with Crippen LogP contribution in [0, 0.1) is 0 Å². The van der Waals surface area contributed by atoms with Gasteiger partial charge in [0.15, 0.2) is 23.0 Å². The molecule has 1 aliphatic rings. The third kappa shape index (κ3) is 6.55. The summed E-state index contributed by atoms with van der Waals surface area (Å²) in [4.78, 5) is 19.6. The monoisotopic (exact) mass is 519 g/mol. The lowest BCUT2D eigenvalue weighted by molar-refractivity contribution is -0.123. The number of amides is 1. The lowest BCUT2D eigenvalue weighted by Gasteiger charge is -2.37. The van der Waals surface area contributed by atoms with Gasteiger partial charge in [0.25, 0.3) is 0 Å². The summed E-state index contributed by atoms with van der Waals surface area (Å²) in [6.45, 7) is 5.41. The molecule has 1 atom stereocenters. The Hall–Kier alpha value is -3.78.